The standard InChI is InChI=1S/C11H7ClN4OS2/c12-8-9(10(17)14-16-13)15-19-11(8)18-6-7-4-2-1-3-5-7/h1-5H,6H2. The largest absolute Gasteiger partial charge is 0.285 e. The van der Waals surface area contributed by atoms with E-state index in [0.717, 1.165) is 27.1 Å². The Bertz CT molecular complexity index is 637. The van der Waals surface area contributed by atoms with Crippen molar-refractivity contribution in [2.75, 3.05) is 0 Å². The first kappa shape index (κ1) is 13.9. The number of azide groups is 1. The van der Waals surface area contributed by atoms with Crippen LogP contribution in [0.5, 0.6) is 0 Å². The number of carbonyl (C=O) groups excluding carboxylic acids is 1. The lowest BCUT2D eigenvalue weighted by Crippen LogP contribution is -1.93. The fraction of sp³-hybridized carbons (Fsp3) is 0.0909. The zero-order valence-electron chi connectivity index (χ0n) is 9.49. The van der Waals surface area contributed by atoms with Gasteiger partial charge in [0.1, 0.15) is 9.90 Å². The van der Waals surface area contributed by atoms with Gasteiger partial charge in [-0.05, 0) is 27.7 Å². The zero-order valence-corrected chi connectivity index (χ0v) is 11.9. The first-order valence-corrected chi connectivity index (χ1v) is 7.27. The second-order valence-electron chi connectivity index (χ2n) is 3.40. The molecule has 19 heavy (non-hydrogen) atoms. The van der Waals surface area contributed by atoms with Crippen molar-refractivity contribution in [2.45, 2.75) is 9.96 Å². The van der Waals surface area contributed by atoms with Crippen LogP contribution in [0, 0.1) is 0 Å². The molecule has 1 heterocycles. The van der Waals surface area contributed by atoms with Gasteiger partial charge in [-0.3, -0.25) is 4.79 Å². The van der Waals surface area contributed by atoms with E-state index in [9.17, 15) is 4.79 Å². The molecule has 0 radical (unpaired) electrons. The van der Waals surface area contributed by atoms with Crippen LogP contribution in [0.3, 0.4) is 0 Å². The Morgan fingerprint density at radius 2 is 2.21 bits per heavy atom. The molecule has 8 heteroatoms. The van der Waals surface area contributed by atoms with Gasteiger partial charge in [0.05, 0.1) is 5.02 Å². The Kier molecular flexibility index (Phi) is 4.81. The van der Waals surface area contributed by atoms with E-state index in [4.69, 9.17) is 17.1 Å². The van der Waals surface area contributed by atoms with Crippen LogP contribution in [0.25, 0.3) is 10.4 Å². The summed E-state index contributed by atoms with van der Waals surface area (Å²) in [4.78, 5) is 13.8. The number of carbonyl (C=O) groups is 1. The highest BCUT2D eigenvalue weighted by atomic mass is 35.5. The highest BCUT2D eigenvalue weighted by Gasteiger charge is 2.17. The van der Waals surface area contributed by atoms with Crippen molar-refractivity contribution < 1.29 is 4.79 Å². The second-order valence-corrected chi connectivity index (χ2v) is 5.80. The molecule has 2 aromatic rings. The predicted molar refractivity (Wildman–Crippen MR) is 76.6 cm³/mol. The van der Waals surface area contributed by atoms with Crippen LogP contribution < -0.4 is 0 Å². The summed E-state index contributed by atoms with van der Waals surface area (Å²) in [6.45, 7) is 0. The number of hydrogen-bond acceptors (Lipinski definition) is 4. The average molecular weight is 311 g/mol. The molecule has 0 N–H and O–H groups in total. The Balaban J connectivity index is 2.10. The summed E-state index contributed by atoms with van der Waals surface area (Å²) in [5.41, 5.74) is 9.38. The lowest BCUT2D eigenvalue weighted by molar-refractivity contribution is 0.0997. The molecule has 5 nitrogen and oxygen atoms in total. The molecule has 0 saturated carbocycles. The monoisotopic (exact) mass is 310 g/mol. The smallest absolute Gasteiger partial charge is 0.270 e. The minimum atomic E-state index is -0.754. The minimum absolute atomic E-state index is 0.0139. The number of amides is 1. The molecule has 96 valence electrons. The fourth-order valence-corrected chi connectivity index (χ4v) is 3.47. The number of rotatable bonds is 4. The number of aromatic nitrogens is 1. The minimum Gasteiger partial charge on any atom is -0.285 e. The quantitative estimate of drug-likeness (QED) is 0.360. The highest BCUT2D eigenvalue weighted by Crippen LogP contribution is 2.35. The molecule has 0 spiro atoms. The van der Waals surface area contributed by atoms with Crippen LogP contribution in [0.2, 0.25) is 5.02 Å². The molecule has 0 fully saturated rings. The zero-order chi connectivity index (χ0) is 13.7. The van der Waals surface area contributed by atoms with E-state index in [1.165, 1.54) is 11.8 Å². The Morgan fingerprint density at radius 3 is 2.89 bits per heavy atom. The second kappa shape index (κ2) is 6.58. The van der Waals surface area contributed by atoms with Crippen LogP contribution in [0.1, 0.15) is 16.1 Å². The van der Waals surface area contributed by atoms with Gasteiger partial charge < -0.3 is 0 Å². The summed E-state index contributed by atoms with van der Waals surface area (Å²) in [7, 11) is 0. The van der Waals surface area contributed by atoms with Crippen LogP contribution in [-0.4, -0.2) is 10.3 Å². The molecule has 0 aliphatic rings. The van der Waals surface area contributed by atoms with Gasteiger partial charge in [-0.2, -0.15) is 4.37 Å². The van der Waals surface area contributed by atoms with Crippen molar-refractivity contribution in [1.82, 2.24) is 4.37 Å². The summed E-state index contributed by atoms with van der Waals surface area (Å²) >= 11 is 8.66. The first-order valence-electron chi connectivity index (χ1n) is 5.13. The molecular weight excluding hydrogens is 304 g/mol. The summed E-state index contributed by atoms with van der Waals surface area (Å²) in [5.74, 6) is -0.0203. The molecular formula is C11H7ClN4OS2. The lowest BCUT2D eigenvalue weighted by Gasteiger charge is -1.99. The molecule has 0 aliphatic carbocycles. The highest BCUT2D eigenvalue weighted by molar-refractivity contribution is 8.00. The molecule has 0 unspecified atom stereocenters. The molecule has 1 aromatic carbocycles. The Morgan fingerprint density at radius 1 is 1.47 bits per heavy atom. The van der Waals surface area contributed by atoms with Crippen molar-refractivity contribution in [3.63, 3.8) is 0 Å². The van der Waals surface area contributed by atoms with Gasteiger partial charge >= 0.3 is 0 Å². The normalized spacial score (nSPS) is 9.95. The van der Waals surface area contributed by atoms with Gasteiger partial charge in [0.15, 0.2) is 0 Å². The topological polar surface area (TPSA) is 78.7 Å². The molecule has 1 amide bonds. The van der Waals surface area contributed by atoms with Gasteiger partial charge in [-0.1, -0.05) is 41.9 Å². The van der Waals surface area contributed by atoms with Gasteiger partial charge in [-0.25, -0.2) is 0 Å². The summed E-state index contributed by atoms with van der Waals surface area (Å²) < 4.78 is 4.66. The van der Waals surface area contributed by atoms with E-state index in [-0.39, 0.29) is 10.7 Å². The maximum atomic E-state index is 11.4. The van der Waals surface area contributed by atoms with E-state index in [1.54, 1.807) is 0 Å². The van der Waals surface area contributed by atoms with Crippen molar-refractivity contribution in [2.24, 2.45) is 5.11 Å². The molecule has 1 aromatic heterocycles. The summed E-state index contributed by atoms with van der Waals surface area (Å²) in [6.07, 6.45) is 0. The first-order chi connectivity index (χ1) is 9.22. The van der Waals surface area contributed by atoms with Crippen molar-refractivity contribution in [3.05, 3.63) is 57.1 Å². The summed E-state index contributed by atoms with van der Waals surface area (Å²) in [6, 6.07) is 9.88. The maximum absolute atomic E-state index is 11.4. The average Bonchev–Trinajstić information content (AvgIpc) is 2.79. The van der Waals surface area contributed by atoms with E-state index < -0.39 is 5.91 Å². The third-order valence-electron chi connectivity index (χ3n) is 2.16. The number of nitrogens with zero attached hydrogens (tertiary/aromatic N) is 4. The molecule has 0 bridgehead atoms. The van der Waals surface area contributed by atoms with E-state index >= 15 is 0 Å². The molecule has 2 rings (SSSR count). The van der Waals surface area contributed by atoms with Crippen molar-refractivity contribution in [1.29, 1.82) is 0 Å². The number of thioether (sulfide) groups is 1. The number of benzene rings is 1. The maximum Gasteiger partial charge on any atom is 0.270 e. The number of hydrogen-bond donors (Lipinski definition) is 0. The van der Waals surface area contributed by atoms with Gasteiger partial charge in [0.2, 0.25) is 0 Å². The molecule has 0 aliphatic heterocycles. The molecule has 0 saturated heterocycles. The van der Waals surface area contributed by atoms with Crippen molar-refractivity contribution >= 4 is 40.8 Å². The van der Waals surface area contributed by atoms with E-state index in [2.05, 4.69) is 14.4 Å². The third-order valence-corrected chi connectivity index (χ3v) is 4.91. The van der Waals surface area contributed by atoms with Crippen LogP contribution in [-0.2, 0) is 5.75 Å². The van der Waals surface area contributed by atoms with Crippen LogP contribution in [0.4, 0.5) is 0 Å². The Hall–Kier alpha value is -1.53. The fourth-order valence-electron chi connectivity index (χ4n) is 1.30. The summed E-state index contributed by atoms with van der Waals surface area (Å²) in [5, 5.41) is 3.23. The van der Waals surface area contributed by atoms with E-state index in [1.807, 2.05) is 30.3 Å². The van der Waals surface area contributed by atoms with E-state index in [0.29, 0.717) is 0 Å². The predicted octanol–water partition coefficient (Wildman–Crippen LogP) is 4.54. The number of halogens is 1. The Labute approximate surface area is 122 Å². The van der Waals surface area contributed by atoms with Crippen LogP contribution >= 0.6 is 34.9 Å². The van der Waals surface area contributed by atoms with Crippen molar-refractivity contribution in [3.8, 4) is 0 Å². The van der Waals surface area contributed by atoms with Crippen LogP contribution in [0.15, 0.2) is 39.7 Å². The lowest BCUT2D eigenvalue weighted by atomic mass is 10.2. The SMILES string of the molecule is [N-]=[N+]=NC(=O)c1nsc(SCc2ccccc2)c1Cl. The molecule has 0 atom stereocenters. The van der Waals surface area contributed by atoms with Gasteiger partial charge in [0.25, 0.3) is 5.91 Å². The third kappa shape index (κ3) is 3.48. The van der Waals surface area contributed by atoms with Gasteiger partial charge in [0, 0.05) is 10.7 Å². The van der Waals surface area contributed by atoms with Gasteiger partial charge in [-0.15, -0.1) is 11.8 Å².